The number of carbonyl (C=O) groups is 1. The Labute approximate surface area is 196 Å². The van der Waals surface area contributed by atoms with E-state index in [1.54, 1.807) is 23.2 Å². The van der Waals surface area contributed by atoms with Crippen molar-refractivity contribution in [3.05, 3.63) is 70.6 Å². The average Bonchev–Trinajstić information content (AvgIpc) is 3.21. The second-order valence-corrected chi connectivity index (χ2v) is 9.87. The Morgan fingerprint density at radius 2 is 2.09 bits per heavy atom. The molecule has 0 aliphatic carbocycles. The summed E-state index contributed by atoms with van der Waals surface area (Å²) in [6.45, 7) is 6.80. The number of pyridine rings is 1. The summed E-state index contributed by atoms with van der Waals surface area (Å²) in [5.74, 6) is 0.403. The number of hydrogen-bond donors (Lipinski definition) is 1. The number of hydrogen-bond acceptors (Lipinski definition) is 7. The molecule has 174 valence electrons. The first-order valence-corrected chi connectivity index (χ1v) is 11.6. The molecule has 7 nitrogen and oxygen atoms in total. The first-order valence-electron chi connectivity index (χ1n) is 10.8. The standard InChI is InChI=1S/C24H27FN4O3S/c1-24(2,3)32-23(30)29-11-12-31-20(15-29)19-9-6-10-21(27-19)28-22-26-14-17(33-22)13-16-7-4-5-8-18(16)25/h4-10,14,20H,11-13,15H2,1-3H3,(H,26,27,28). The van der Waals surface area contributed by atoms with Crippen LogP contribution in [0.2, 0.25) is 0 Å². The van der Waals surface area contributed by atoms with Crippen LogP contribution in [0.5, 0.6) is 0 Å². The van der Waals surface area contributed by atoms with E-state index in [9.17, 15) is 9.18 Å². The highest BCUT2D eigenvalue weighted by molar-refractivity contribution is 7.15. The van der Waals surface area contributed by atoms with Gasteiger partial charge in [-0.2, -0.15) is 0 Å². The van der Waals surface area contributed by atoms with Crippen molar-refractivity contribution < 1.29 is 18.7 Å². The van der Waals surface area contributed by atoms with E-state index in [1.165, 1.54) is 17.4 Å². The van der Waals surface area contributed by atoms with Crippen molar-refractivity contribution in [2.45, 2.75) is 38.9 Å². The number of thiazole rings is 1. The molecule has 4 rings (SSSR count). The predicted octanol–water partition coefficient (Wildman–Crippen LogP) is 5.32. The number of halogens is 1. The summed E-state index contributed by atoms with van der Waals surface area (Å²) in [7, 11) is 0. The lowest BCUT2D eigenvalue weighted by Crippen LogP contribution is -2.44. The topological polar surface area (TPSA) is 76.6 Å². The minimum absolute atomic E-state index is 0.220. The van der Waals surface area contributed by atoms with Gasteiger partial charge in [-0.3, -0.25) is 0 Å². The number of carbonyl (C=O) groups excluding carboxylic acids is 1. The summed E-state index contributed by atoms with van der Waals surface area (Å²) in [6, 6.07) is 12.3. The molecule has 9 heteroatoms. The van der Waals surface area contributed by atoms with E-state index in [-0.39, 0.29) is 18.0 Å². The Bertz CT molecular complexity index is 1110. The zero-order chi connectivity index (χ0) is 23.4. The van der Waals surface area contributed by atoms with Crippen LogP contribution >= 0.6 is 11.3 Å². The molecular weight excluding hydrogens is 443 g/mol. The van der Waals surface area contributed by atoms with Crippen molar-refractivity contribution in [1.29, 1.82) is 0 Å². The van der Waals surface area contributed by atoms with Crippen LogP contribution in [0.3, 0.4) is 0 Å². The van der Waals surface area contributed by atoms with E-state index in [0.29, 0.717) is 42.6 Å². The molecular formula is C24H27FN4O3S. The Morgan fingerprint density at radius 3 is 2.88 bits per heavy atom. The van der Waals surface area contributed by atoms with Gasteiger partial charge in [0.05, 0.1) is 18.8 Å². The number of benzene rings is 1. The number of anilines is 2. The van der Waals surface area contributed by atoms with E-state index in [0.717, 1.165) is 10.6 Å². The Morgan fingerprint density at radius 1 is 1.27 bits per heavy atom. The number of morpholine rings is 1. The third-order valence-electron chi connectivity index (χ3n) is 4.93. The van der Waals surface area contributed by atoms with Gasteiger partial charge in [0.2, 0.25) is 0 Å². The quantitative estimate of drug-likeness (QED) is 0.544. The fraction of sp³-hybridized carbons (Fsp3) is 0.375. The number of ether oxygens (including phenoxy) is 2. The summed E-state index contributed by atoms with van der Waals surface area (Å²) >= 11 is 1.45. The van der Waals surface area contributed by atoms with Gasteiger partial charge in [-0.1, -0.05) is 24.3 Å². The van der Waals surface area contributed by atoms with Crippen molar-refractivity contribution in [1.82, 2.24) is 14.9 Å². The van der Waals surface area contributed by atoms with Gasteiger partial charge >= 0.3 is 6.09 Å². The molecule has 0 saturated carbocycles. The summed E-state index contributed by atoms with van der Waals surface area (Å²) in [6.07, 6.45) is 1.53. The molecule has 1 aliphatic rings. The summed E-state index contributed by atoms with van der Waals surface area (Å²) in [5, 5.41) is 3.88. The molecule has 1 atom stereocenters. The van der Waals surface area contributed by atoms with Crippen molar-refractivity contribution in [3.63, 3.8) is 0 Å². The van der Waals surface area contributed by atoms with Crippen LogP contribution in [-0.4, -0.2) is 46.3 Å². The first-order chi connectivity index (χ1) is 15.8. The summed E-state index contributed by atoms with van der Waals surface area (Å²) < 4.78 is 25.3. The average molecular weight is 471 g/mol. The predicted molar refractivity (Wildman–Crippen MR) is 125 cm³/mol. The van der Waals surface area contributed by atoms with Crippen molar-refractivity contribution in [2.24, 2.45) is 0 Å². The summed E-state index contributed by atoms with van der Waals surface area (Å²) in [4.78, 5) is 24.1. The highest BCUT2D eigenvalue weighted by atomic mass is 32.1. The van der Waals surface area contributed by atoms with Crippen LogP contribution in [0.4, 0.5) is 20.1 Å². The molecule has 33 heavy (non-hydrogen) atoms. The van der Waals surface area contributed by atoms with Crippen molar-refractivity contribution >= 4 is 28.4 Å². The molecule has 2 aromatic heterocycles. The van der Waals surface area contributed by atoms with Crippen LogP contribution in [0.25, 0.3) is 0 Å². The highest BCUT2D eigenvalue weighted by Gasteiger charge is 2.29. The second-order valence-electron chi connectivity index (χ2n) is 8.76. The van der Waals surface area contributed by atoms with Crippen LogP contribution in [0, 0.1) is 5.82 Å². The Balaban J connectivity index is 1.41. The van der Waals surface area contributed by atoms with Crippen LogP contribution in [-0.2, 0) is 15.9 Å². The summed E-state index contributed by atoms with van der Waals surface area (Å²) in [5.41, 5.74) is 0.805. The van der Waals surface area contributed by atoms with E-state index >= 15 is 0 Å². The van der Waals surface area contributed by atoms with Gasteiger partial charge in [0, 0.05) is 24.0 Å². The van der Waals surface area contributed by atoms with Gasteiger partial charge in [0.25, 0.3) is 0 Å². The molecule has 1 N–H and O–H groups in total. The van der Waals surface area contributed by atoms with E-state index in [2.05, 4.69) is 15.3 Å². The first kappa shape index (κ1) is 23.1. The molecule has 0 spiro atoms. The zero-order valence-electron chi connectivity index (χ0n) is 18.9. The molecule has 0 bridgehead atoms. The maximum atomic E-state index is 13.9. The van der Waals surface area contributed by atoms with Gasteiger partial charge in [-0.05, 0) is 44.5 Å². The molecule has 3 heterocycles. The van der Waals surface area contributed by atoms with Crippen LogP contribution < -0.4 is 5.32 Å². The number of nitrogens with zero attached hydrogens (tertiary/aromatic N) is 3. The smallest absolute Gasteiger partial charge is 0.410 e. The third-order valence-corrected chi connectivity index (χ3v) is 5.84. The fourth-order valence-corrected chi connectivity index (χ4v) is 4.25. The molecule has 1 fully saturated rings. The largest absolute Gasteiger partial charge is 0.444 e. The van der Waals surface area contributed by atoms with Crippen LogP contribution in [0.1, 0.15) is 43.0 Å². The number of amides is 1. The van der Waals surface area contributed by atoms with E-state index in [4.69, 9.17) is 9.47 Å². The molecule has 1 unspecified atom stereocenters. The van der Waals surface area contributed by atoms with Gasteiger partial charge in [0.15, 0.2) is 5.13 Å². The molecule has 1 amide bonds. The molecule has 0 radical (unpaired) electrons. The molecule has 1 aromatic carbocycles. The lowest BCUT2D eigenvalue weighted by molar-refractivity contribution is -0.0446. The molecule has 1 aliphatic heterocycles. The second kappa shape index (κ2) is 9.84. The maximum absolute atomic E-state index is 13.9. The van der Waals surface area contributed by atoms with E-state index < -0.39 is 5.60 Å². The molecule has 1 saturated heterocycles. The third kappa shape index (κ3) is 6.27. The van der Waals surface area contributed by atoms with Gasteiger partial charge < -0.3 is 19.7 Å². The van der Waals surface area contributed by atoms with Crippen molar-refractivity contribution in [2.75, 3.05) is 25.0 Å². The van der Waals surface area contributed by atoms with Gasteiger partial charge in [-0.15, -0.1) is 11.3 Å². The Kier molecular flexibility index (Phi) is 6.90. The minimum atomic E-state index is -0.550. The zero-order valence-corrected chi connectivity index (χ0v) is 19.7. The number of rotatable bonds is 5. The Hall–Kier alpha value is -3.04. The SMILES string of the molecule is CC(C)(C)OC(=O)N1CCOC(c2cccc(Nc3ncc(Cc4ccccc4F)s3)n2)C1. The van der Waals surface area contributed by atoms with Crippen molar-refractivity contribution in [3.8, 4) is 0 Å². The normalized spacial score (nSPS) is 16.5. The molecule has 3 aromatic rings. The van der Waals surface area contributed by atoms with Crippen LogP contribution in [0.15, 0.2) is 48.7 Å². The monoisotopic (exact) mass is 470 g/mol. The lowest BCUT2D eigenvalue weighted by atomic mass is 10.1. The minimum Gasteiger partial charge on any atom is -0.444 e. The highest BCUT2D eigenvalue weighted by Crippen LogP contribution is 2.27. The van der Waals surface area contributed by atoms with E-state index in [1.807, 2.05) is 45.0 Å². The lowest BCUT2D eigenvalue weighted by Gasteiger charge is -2.34. The fourth-order valence-electron chi connectivity index (χ4n) is 3.41. The number of nitrogens with one attached hydrogen (secondary N) is 1. The van der Waals surface area contributed by atoms with Gasteiger partial charge in [0.1, 0.15) is 23.3 Å². The number of aromatic nitrogens is 2. The van der Waals surface area contributed by atoms with Gasteiger partial charge in [-0.25, -0.2) is 19.2 Å². The maximum Gasteiger partial charge on any atom is 0.410 e.